The molecule has 2 aromatic carbocycles. The zero-order valence-corrected chi connectivity index (χ0v) is 19.7. The highest BCUT2D eigenvalue weighted by molar-refractivity contribution is 6.02. The molecule has 0 saturated carbocycles. The molecule has 35 heavy (non-hydrogen) atoms. The molecule has 1 aliphatic heterocycles. The van der Waals surface area contributed by atoms with Crippen molar-refractivity contribution < 1.29 is 24.5 Å². The summed E-state index contributed by atoms with van der Waals surface area (Å²) in [5, 5.41) is 21.3. The molecule has 4 rings (SSSR count). The Morgan fingerprint density at radius 3 is 2.57 bits per heavy atom. The van der Waals surface area contributed by atoms with Crippen LogP contribution in [-0.4, -0.2) is 45.0 Å². The molecule has 0 fully saturated rings. The summed E-state index contributed by atoms with van der Waals surface area (Å²) in [6, 6.07) is 15.4. The molecule has 0 aliphatic carbocycles. The number of aliphatic hydroxyl groups is 1. The highest BCUT2D eigenvalue weighted by Crippen LogP contribution is 2.32. The van der Waals surface area contributed by atoms with Gasteiger partial charge in [-0.25, -0.2) is 4.68 Å². The average molecular weight is 480 g/mol. The lowest BCUT2D eigenvalue weighted by Crippen LogP contribution is -2.31. The summed E-state index contributed by atoms with van der Waals surface area (Å²) in [6.45, 7) is 2.10. The highest BCUT2D eigenvalue weighted by atomic mass is 16.7. The van der Waals surface area contributed by atoms with Gasteiger partial charge in [-0.15, -0.1) is 0 Å². The van der Waals surface area contributed by atoms with Crippen molar-refractivity contribution in [2.45, 2.75) is 32.0 Å². The van der Waals surface area contributed by atoms with Gasteiger partial charge >= 0.3 is 0 Å². The number of phenols is 1. The second-order valence-corrected chi connectivity index (χ2v) is 8.34. The third kappa shape index (κ3) is 5.31. The molecule has 3 aromatic rings. The summed E-state index contributed by atoms with van der Waals surface area (Å²) < 4.78 is 15.0. The average Bonchev–Trinajstić information content (AvgIpc) is 3.08. The van der Waals surface area contributed by atoms with Crippen LogP contribution < -0.4 is 10.9 Å². The van der Waals surface area contributed by atoms with Crippen LogP contribution in [0, 0.1) is 6.92 Å². The molecule has 1 aliphatic rings. The summed E-state index contributed by atoms with van der Waals surface area (Å²) >= 11 is 0. The molecular weight excluding hydrogens is 450 g/mol. The number of nitrogens with zero attached hydrogens (tertiary/aromatic N) is 2. The molecule has 1 amide bonds. The number of hydrogen-bond donors (Lipinski definition) is 3. The zero-order chi connectivity index (χ0) is 24.9. The fraction of sp³-hybridized carbons (Fsp3) is 0.308. The molecule has 184 valence electrons. The number of ether oxygens (including phenoxy) is 2. The molecule has 0 unspecified atom stereocenters. The predicted molar refractivity (Wildman–Crippen MR) is 130 cm³/mol. The molecule has 0 saturated heterocycles. The van der Waals surface area contributed by atoms with Gasteiger partial charge in [0.25, 0.3) is 11.5 Å². The Morgan fingerprint density at radius 2 is 1.89 bits per heavy atom. The molecule has 2 atom stereocenters. The Morgan fingerprint density at radius 1 is 1.17 bits per heavy atom. The monoisotopic (exact) mass is 479 g/mol. The van der Waals surface area contributed by atoms with Crippen LogP contribution in [0.25, 0.3) is 5.69 Å². The smallest absolute Gasteiger partial charge is 0.290 e. The summed E-state index contributed by atoms with van der Waals surface area (Å²) in [5.41, 5.74) is 2.39. The number of carbonyl (C=O) groups is 1. The van der Waals surface area contributed by atoms with Gasteiger partial charge in [-0.05, 0) is 55.8 Å². The highest BCUT2D eigenvalue weighted by Gasteiger charge is 2.33. The molecule has 2 heterocycles. The zero-order valence-electron chi connectivity index (χ0n) is 19.7. The van der Waals surface area contributed by atoms with Crippen molar-refractivity contribution in [2.24, 2.45) is 7.05 Å². The fourth-order valence-corrected chi connectivity index (χ4v) is 4.15. The minimum absolute atomic E-state index is 0.0280. The number of rotatable bonds is 8. The molecule has 0 radical (unpaired) electrons. The first kappa shape index (κ1) is 24.3. The summed E-state index contributed by atoms with van der Waals surface area (Å²) in [7, 11) is 1.82. The third-order valence-electron chi connectivity index (χ3n) is 5.98. The van der Waals surface area contributed by atoms with E-state index in [0.717, 1.165) is 11.4 Å². The Kier molecular flexibility index (Phi) is 7.38. The number of allylic oxidation sites excluding steroid dienone is 1. The Bertz CT molecular complexity index is 1260. The number of benzene rings is 2. The molecule has 3 N–H and O–H groups in total. The van der Waals surface area contributed by atoms with E-state index < -0.39 is 18.1 Å². The van der Waals surface area contributed by atoms with Crippen molar-refractivity contribution in [3.8, 4) is 11.4 Å². The maximum atomic E-state index is 13.6. The van der Waals surface area contributed by atoms with E-state index in [1.165, 1.54) is 12.1 Å². The van der Waals surface area contributed by atoms with Gasteiger partial charge in [0.15, 0.2) is 5.76 Å². The van der Waals surface area contributed by atoms with E-state index in [0.29, 0.717) is 24.1 Å². The van der Waals surface area contributed by atoms with Gasteiger partial charge in [0.2, 0.25) is 6.29 Å². The second kappa shape index (κ2) is 10.6. The first-order valence-corrected chi connectivity index (χ1v) is 11.4. The van der Waals surface area contributed by atoms with Gasteiger partial charge in [-0.3, -0.25) is 14.3 Å². The van der Waals surface area contributed by atoms with Crippen LogP contribution in [0.15, 0.2) is 71.2 Å². The fourth-order valence-electron chi connectivity index (χ4n) is 4.15. The number of nitrogens with one attached hydrogen (secondary N) is 1. The van der Waals surface area contributed by atoms with Gasteiger partial charge in [0.1, 0.15) is 5.75 Å². The van der Waals surface area contributed by atoms with Crippen LogP contribution in [-0.2, 0) is 21.3 Å². The van der Waals surface area contributed by atoms with Crippen LogP contribution in [0.2, 0.25) is 0 Å². The van der Waals surface area contributed by atoms with E-state index in [-0.39, 0.29) is 30.3 Å². The number of phenolic OH excluding ortho intramolecular Hbond substituents is 1. The molecule has 1 aromatic heterocycles. The molecular formula is C26H29N3O6. The number of aliphatic hydroxyl groups excluding tert-OH is 1. The SMILES string of the molecule is Cc1c([C@H]2C=C(C(=O)Nc3ccc(O)cc3)O[C@@H](OCCCO)C2)c(=O)n(-c2ccccc2)n1C. The molecule has 9 heteroatoms. The number of aromatic hydroxyl groups is 1. The van der Waals surface area contributed by atoms with Crippen LogP contribution >= 0.6 is 0 Å². The van der Waals surface area contributed by atoms with Crippen molar-refractivity contribution in [2.75, 3.05) is 18.5 Å². The van der Waals surface area contributed by atoms with Gasteiger partial charge in [-0.2, -0.15) is 0 Å². The largest absolute Gasteiger partial charge is 0.508 e. The molecule has 0 bridgehead atoms. The number of hydrogen-bond acceptors (Lipinski definition) is 6. The van der Waals surface area contributed by atoms with E-state index in [2.05, 4.69) is 5.32 Å². The maximum Gasteiger partial charge on any atom is 0.290 e. The van der Waals surface area contributed by atoms with Crippen molar-refractivity contribution in [3.63, 3.8) is 0 Å². The number of aromatic nitrogens is 2. The maximum absolute atomic E-state index is 13.6. The van der Waals surface area contributed by atoms with Crippen molar-refractivity contribution >= 4 is 11.6 Å². The number of carbonyl (C=O) groups excluding carboxylic acids is 1. The number of anilines is 1. The molecule has 0 spiro atoms. The third-order valence-corrected chi connectivity index (χ3v) is 5.98. The van der Waals surface area contributed by atoms with Gasteiger partial charge in [0, 0.05) is 42.9 Å². The predicted octanol–water partition coefficient (Wildman–Crippen LogP) is 2.94. The first-order valence-electron chi connectivity index (χ1n) is 11.4. The van der Waals surface area contributed by atoms with E-state index in [1.807, 2.05) is 44.3 Å². The van der Waals surface area contributed by atoms with Crippen molar-refractivity contribution in [1.29, 1.82) is 0 Å². The topological polar surface area (TPSA) is 115 Å². The minimum Gasteiger partial charge on any atom is -0.508 e. The number of para-hydroxylation sites is 1. The molecule has 9 nitrogen and oxygen atoms in total. The summed E-state index contributed by atoms with van der Waals surface area (Å²) in [5.74, 6) is -0.791. The Labute approximate surface area is 202 Å². The lowest BCUT2D eigenvalue weighted by atomic mass is 9.93. The lowest BCUT2D eigenvalue weighted by molar-refractivity contribution is -0.144. The van der Waals surface area contributed by atoms with Crippen molar-refractivity contribution in [1.82, 2.24) is 9.36 Å². The first-order chi connectivity index (χ1) is 16.9. The standard InChI is InChI=1S/C26H29N3O6/c1-17-24(26(33)29(28(17)2)20-7-4-3-5-8-20)18-15-22(35-23(16-18)34-14-6-13-30)25(32)27-19-9-11-21(31)12-10-19/h3-5,7-12,15,18,23,30-31H,6,13-14,16H2,1-2H3,(H,27,32)/t18-,23+/m0/s1. The Hall–Kier alpha value is -3.82. The summed E-state index contributed by atoms with van der Waals surface area (Å²) in [6.07, 6.45) is 1.66. The number of amides is 1. The quantitative estimate of drug-likeness (QED) is 0.338. The van der Waals surface area contributed by atoms with Gasteiger partial charge in [0.05, 0.1) is 12.3 Å². The lowest BCUT2D eigenvalue weighted by Gasteiger charge is -2.28. The van der Waals surface area contributed by atoms with Crippen LogP contribution in [0.5, 0.6) is 5.75 Å². The minimum atomic E-state index is -0.763. The Balaban J connectivity index is 1.68. The van der Waals surface area contributed by atoms with E-state index in [1.54, 1.807) is 27.6 Å². The van der Waals surface area contributed by atoms with E-state index in [9.17, 15) is 14.7 Å². The van der Waals surface area contributed by atoms with Crippen LogP contribution in [0.4, 0.5) is 5.69 Å². The second-order valence-electron chi connectivity index (χ2n) is 8.34. The van der Waals surface area contributed by atoms with Gasteiger partial charge in [-0.1, -0.05) is 18.2 Å². The normalized spacial score (nSPS) is 17.5. The van der Waals surface area contributed by atoms with E-state index in [4.69, 9.17) is 14.6 Å². The van der Waals surface area contributed by atoms with Gasteiger partial charge < -0.3 is 25.0 Å². The van der Waals surface area contributed by atoms with E-state index >= 15 is 0 Å². The van der Waals surface area contributed by atoms with Crippen LogP contribution in [0.3, 0.4) is 0 Å². The summed E-state index contributed by atoms with van der Waals surface area (Å²) in [4.78, 5) is 26.6. The van der Waals surface area contributed by atoms with Crippen molar-refractivity contribution in [3.05, 3.63) is 88.0 Å². The van der Waals surface area contributed by atoms with Crippen LogP contribution in [0.1, 0.15) is 30.0 Å².